The van der Waals surface area contributed by atoms with Crippen LogP contribution in [0.3, 0.4) is 0 Å². The van der Waals surface area contributed by atoms with Crippen molar-refractivity contribution in [2.45, 2.75) is 13.3 Å². The molecule has 10 nitrogen and oxygen atoms in total. The lowest BCUT2D eigenvalue weighted by Gasteiger charge is -2.13. The summed E-state index contributed by atoms with van der Waals surface area (Å²) in [6, 6.07) is 11.5. The van der Waals surface area contributed by atoms with E-state index in [9.17, 15) is 14.4 Å². The zero-order valence-electron chi connectivity index (χ0n) is 17.0. The van der Waals surface area contributed by atoms with Crippen LogP contribution in [0.15, 0.2) is 47.5 Å². The van der Waals surface area contributed by atoms with Gasteiger partial charge in [-0.15, -0.1) is 0 Å². The Morgan fingerprint density at radius 1 is 1.00 bits per heavy atom. The number of methoxy groups -OCH3 is 2. The topological polar surface area (TPSA) is 127 Å². The number of alkyl carbamates (subject to hydrolysis) is 2. The highest BCUT2D eigenvalue weighted by Crippen LogP contribution is 2.34. The van der Waals surface area contributed by atoms with E-state index < -0.39 is 12.2 Å². The van der Waals surface area contributed by atoms with Crippen LogP contribution in [-0.2, 0) is 14.3 Å². The fourth-order valence-electron chi connectivity index (χ4n) is 2.17. The minimum atomic E-state index is -0.868. The van der Waals surface area contributed by atoms with Gasteiger partial charge in [0.15, 0.2) is 0 Å². The molecule has 0 saturated heterocycles. The van der Waals surface area contributed by atoms with Gasteiger partial charge in [-0.05, 0) is 24.3 Å². The summed E-state index contributed by atoms with van der Waals surface area (Å²) in [5.74, 6) is 0.246. The standard InChI is InChI=1S/C20H21ClN4O6/c1-4-17(26)22-15-11-12(31-16-8-6-5-7-13(16)21)9-10-14(15)23-18(24-19(27)29-2)25-20(28)30-3/h5-11H,4H2,1-3H3,(H,22,26)(H2,23,24,25,27,28). The number of anilines is 1. The van der Waals surface area contributed by atoms with E-state index in [0.29, 0.717) is 16.5 Å². The Bertz CT molecular complexity index is 975. The molecule has 0 bridgehead atoms. The van der Waals surface area contributed by atoms with Crippen LogP contribution in [-0.4, -0.2) is 38.3 Å². The summed E-state index contributed by atoms with van der Waals surface area (Å²) in [4.78, 5) is 39.3. The van der Waals surface area contributed by atoms with Crippen LogP contribution in [0.1, 0.15) is 13.3 Å². The molecule has 11 heteroatoms. The van der Waals surface area contributed by atoms with Gasteiger partial charge in [-0.1, -0.05) is 30.7 Å². The lowest BCUT2D eigenvalue weighted by molar-refractivity contribution is -0.115. The number of ether oxygens (including phenoxy) is 3. The summed E-state index contributed by atoms with van der Waals surface area (Å²) in [5, 5.41) is 7.61. The lowest BCUT2D eigenvalue weighted by Crippen LogP contribution is -2.43. The number of guanidine groups is 1. The predicted molar refractivity (Wildman–Crippen MR) is 115 cm³/mol. The van der Waals surface area contributed by atoms with Crippen LogP contribution in [0.5, 0.6) is 11.5 Å². The highest BCUT2D eigenvalue weighted by molar-refractivity contribution is 6.32. The van der Waals surface area contributed by atoms with E-state index in [1.54, 1.807) is 37.3 Å². The van der Waals surface area contributed by atoms with Crippen LogP contribution in [0.4, 0.5) is 21.0 Å². The summed E-state index contributed by atoms with van der Waals surface area (Å²) in [6.07, 6.45) is -1.52. The minimum Gasteiger partial charge on any atom is -0.456 e. The van der Waals surface area contributed by atoms with Gasteiger partial charge in [-0.25, -0.2) is 14.6 Å². The van der Waals surface area contributed by atoms with E-state index in [0.717, 1.165) is 14.2 Å². The third kappa shape index (κ3) is 7.19. The van der Waals surface area contributed by atoms with Crippen molar-refractivity contribution in [2.75, 3.05) is 19.5 Å². The molecule has 3 amide bonds. The number of carbonyl (C=O) groups is 3. The molecule has 0 unspecified atom stereocenters. The Morgan fingerprint density at radius 2 is 1.65 bits per heavy atom. The second-order valence-electron chi connectivity index (χ2n) is 5.81. The van der Waals surface area contributed by atoms with Gasteiger partial charge in [-0.3, -0.25) is 15.4 Å². The third-order valence-electron chi connectivity index (χ3n) is 3.67. The van der Waals surface area contributed by atoms with E-state index in [2.05, 4.69) is 30.4 Å². The zero-order valence-corrected chi connectivity index (χ0v) is 17.8. The number of nitrogens with one attached hydrogen (secondary N) is 3. The second kappa shape index (κ2) is 11.4. The fraction of sp³-hybridized carbons (Fsp3) is 0.200. The largest absolute Gasteiger partial charge is 0.456 e. The monoisotopic (exact) mass is 448 g/mol. The van der Waals surface area contributed by atoms with Crippen LogP contribution in [0, 0.1) is 0 Å². The zero-order chi connectivity index (χ0) is 22.8. The highest BCUT2D eigenvalue weighted by atomic mass is 35.5. The Hall–Kier alpha value is -3.79. The van der Waals surface area contributed by atoms with Crippen molar-refractivity contribution in [1.82, 2.24) is 10.6 Å². The SMILES string of the molecule is CCC(=O)Nc1cc(Oc2ccccc2Cl)ccc1N=C(NC(=O)OC)NC(=O)OC. The number of hydrogen-bond acceptors (Lipinski definition) is 7. The molecule has 0 aromatic heterocycles. The number of benzene rings is 2. The summed E-state index contributed by atoms with van der Waals surface area (Å²) < 4.78 is 14.8. The van der Waals surface area contributed by atoms with Crippen molar-refractivity contribution in [3.8, 4) is 11.5 Å². The van der Waals surface area contributed by atoms with Crippen molar-refractivity contribution in [3.63, 3.8) is 0 Å². The van der Waals surface area contributed by atoms with E-state index >= 15 is 0 Å². The van der Waals surface area contributed by atoms with E-state index in [-0.39, 0.29) is 29.7 Å². The van der Waals surface area contributed by atoms with E-state index in [1.807, 2.05) is 0 Å². The fourth-order valence-corrected chi connectivity index (χ4v) is 2.35. The number of rotatable bonds is 5. The van der Waals surface area contributed by atoms with E-state index in [4.69, 9.17) is 16.3 Å². The molecule has 3 N–H and O–H groups in total. The molecule has 2 aromatic carbocycles. The summed E-state index contributed by atoms with van der Waals surface area (Å²) >= 11 is 6.12. The molecule has 2 aromatic rings. The quantitative estimate of drug-likeness (QED) is 0.465. The first-order chi connectivity index (χ1) is 14.9. The highest BCUT2D eigenvalue weighted by Gasteiger charge is 2.14. The lowest BCUT2D eigenvalue weighted by atomic mass is 10.2. The Labute approximate surface area is 183 Å². The third-order valence-corrected chi connectivity index (χ3v) is 3.98. The number of amides is 3. The summed E-state index contributed by atoms with van der Waals surface area (Å²) in [6.45, 7) is 1.69. The predicted octanol–water partition coefficient (Wildman–Crippen LogP) is 4.18. The first-order valence-corrected chi connectivity index (χ1v) is 9.39. The molecule has 0 heterocycles. The van der Waals surface area contributed by atoms with Gasteiger partial charge in [0.2, 0.25) is 11.9 Å². The molecule has 0 aliphatic heterocycles. The van der Waals surface area contributed by atoms with Gasteiger partial charge in [0.1, 0.15) is 11.5 Å². The number of aliphatic imine (C=N–C) groups is 1. The minimum absolute atomic E-state index is 0.215. The average molecular weight is 449 g/mol. The Kier molecular flexibility index (Phi) is 8.64. The van der Waals surface area contributed by atoms with E-state index in [1.165, 1.54) is 12.1 Å². The van der Waals surface area contributed by atoms with Crippen molar-refractivity contribution in [1.29, 1.82) is 0 Å². The van der Waals surface area contributed by atoms with Gasteiger partial charge < -0.3 is 19.5 Å². The van der Waals surface area contributed by atoms with Crippen molar-refractivity contribution < 1.29 is 28.6 Å². The van der Waals surface area contributed by atoms with Gasteiger partial charge in [-0.2, -0.15) is 0 Å². The molecular weight excluding hydrogens is 428 g/mol. The second-order valence-corrected chi connectivity index (χ2v) is 6.21. The van der Waals surface area contributed by atoms with Crippen LogP contribution in [0.2, 0.25) is 5.02 Å². The smallest absolute Gasteiger partial charge is 0.413 e. The molecule has 0 fully saturated rings. The molecule has 164 valence electrons. The summed E-state index contributed by atoms with van der Waals surface area (Å²) in [5.41, 5.74) is 0.489. The normalized spacial score (nSPS) is 9.81. The molecule has 0 atom stereocenters. The first kappa shape index (κ1) is 23.5. The molecule has 2 rings (SSSR count). The molecule has 31 heavy (non-hydrogen) atoms. The molecular formula is C20H21ClN4O6. The number of nitrogens with zero attached hydrogens (tertiary/aromatic N) is 1. The first-order valence-electron chi connectivity index (χ1n) is 9.01. The van der Waals surface area contributed by atoms with Crippen LogP contribution in [0.25, 0.3) is 0 Å². The van der Waals surface area contributed by atoms with Gasteiger partial charge in [0, 0.05) is 12.5 Å². The number of hydrogen-bond donors (Lipinski definition) is 3. The molecule has 0 spiro atoms. The molecule has 0 aliphatic carbocycles. The summed E-state index contributed by atoms with van der Waals surface area (Å²) in [7, 11) is 2.30. The molecule has 0 radical (unpaired) electrons. The number of carbonyl (C=O) groups excluding carboxylic acids is 3. The van der Waals surface area contributed by atoms with Gasteiger partial charge >= 0.3 is 12.2 Å². The van der Waals surface area contributed by atoms with Crippen molar-refractivity contribution in [3.05, 3.63) is 47.5 Å². The van der Waals surface area contributed by atoms with Crippen LogP contribution >= 0.6 is 11.6 Å². The van der Waals surface area contributed by atoms with Crippen molar-refractivity contribution >= 4 is 47.0 Å². The Balaban J connectivity index is 2.43. The van der Waals surface area contributed by atoms with Crippen molar-refractivity contribution in [2.24, 2.45) is 4.99 Å². The van der Waals surface area contributed by atoms with Gasteiger partial charge in [0.05, 0.1) is 30.6 Å². The molecule has 0 aliphatic rings. The Morgan fingerprint density at radius 3 is 2.23 bits per heavy atom. The van der Waals surface area contributed by atoms with Gasteiger partial charge in [0.25, 0.3) is 0 Å². The number of halogens is 1. The maximum Gasteiger partial charge on any atom is 0.413 e. The maximum absolute atomic E-state index is 12.0. The number of para-hydroxylation sites is 1. The van der Waals surface area contributed by atoms with Crippen LogP contribution < -0.4 is 20.7 Å². The maximum atomic E-state index is 12.0. The average Bonchev–Trinajstić information content (AvgIpc) is 2.76. The molecule has 0 saturated carbocycles.